The minimum absolute atomic E-state index is 0.0341. The topological polar surface area (TPSA) is 85.0 Å². The molecule has 5 N–H and O–H groups in total. The van der Waals surface area contributed by atoms with Crippen LogP contribution >= 0.6 is 0 Å². The van der Waals surface area contributed by atoms with Crippen molar-refractivity contribution in [2.45, 2.75) is 102 Å². The van der Waals surface area contributed by atoms with Crippen molar-refractivity contribution in [3.05, 3.63) is 77.4 Å². The first-order chi connectivity index (χ1) is 20.6. The summed E-state index contributed by atoms with van der Waals surface area (Å²) in [6.07, 6.45) is 4.14. The predicted octanol–water partition coefficient (Wildman–Crippen LogP) is 7.30. The lowest BCUT2D eigenvalue weighted by molar-refractivity contribution is -0.0775. The standard InChI is InChI=1S/C37H46N4O2/c1-6-7-19-36(3,4)39-27-17-15-25(23-12-8-11-22(2)30(23)27)32-34(42)33(35(32)43)26-16-18-29-31-24(26)13-9-14-28(31)40-21-10-20-37(40,5)41(29)38/h8-9,11-18,32-35,39,42-43H,6-7,10,19-21,38H2,1-5H3. The Bertz CT molecular complexity index is 1710. The minimum atomic E-state index is -0.704. The van der Waals surface area contributed by atoms with E-state index in [1.54, 1.807) is 0 Å². The lowest BCUT2D eigenvalue weighted by atomic mass is 9.62. The molecular formula is C37H46N4O2. The van der Waals surface area contributed by atoms with Crippen molar-refractivity contribution in [1.82, 2.24) is 0 Å². The second kappa shape index (κ2) is 10.1. The average molecular weight is 579 g/mol. The van der Waals surface area contributed by atoms with E-state index in [1.165, 1.54) is 29.5 Å². The van der Waals surface area contributed by atoms with E-state index >= 15 is 0 Å². The predicted molar refractivity (Wildman–Crippen MR) is 179 cm³/mol. The van der Waals surface area contributed by atoms with Crippen LogP contribution in [0.3, 0.4) is 0 Å². The summed E-state index contributed by atoms with van der Waals surface area (Å²) < 4.78 is 0. The number of aliphatic hydroxyl groups excluding tert-OH is 2. The number of nitrogens with zero attached hydrogens (tertiary/aromatic N) is 2. The zero-order valence-electron chi connectivity index (χ0n) is 26.2. The maximum Gasteiger partial charge on any atom is 0.124 e. The van der Waals surface area contributed by atoms with E-state index in [0.717, 1.165) is 64.5 Å². The average Bonchev–Trinajstić information content (AvgIpc) is 3.39. The number of aliphatic hydroxyl groups is 2. The molecule has 0 bridgehead atoms. The molecule has 2 heterocycles. The van der Waals surface area contributed by atoms with Crippen LogP contribution in [0.2, 0.25) is 0 Å². The molecule has 43 heavy (non-hydrogen) atoms. The number of rotatable bonds is 7. The van der Waals surface area contributed by atoms with E-state index in [2.05, 4.69) is 105 Å². The van der Waals surface area contributed by atoms with Crippen molar-refractivity contribution in [3.8, 4) is 0 Å². The Morgan fingerprint density at radius 3 is 2.26 bits per heavy atom. The Kier molecular flexibility index (Phi) is 6.69. The summed E-state index contributed by atoms with van der Waals surface area (Å²) in [6.45, 7) is 12.1. The molecule has 3 atom stereocenters. The number of hydrogen-bond donors (Lipinski definition) is 4. The van der Waals surface area contributed by atoms with Gasteiger partial charge in [-0.15, -0.1) is 0 Å². The number of hydrogen-bond acceptors (Lipinski definition) is 6. The van der Waals surface area contributed by atoms with Crippen LogP contribution in [0.15, 0.2) is 60.7 Å². The quantitative estimate of drug-likeness (QED) is 0.172. The summed E-state index contributed by atoms with van der Waals surface area (Å²) in [5, 5.41) is 33.8. The van der Waals surface area contributed by atoms with Crippen LogP contribution in [-0.4, -0.2) is 40.2 Å². The molecule has 4 aromatic carbocycles. The lowest BCUT2D eigenvalue weighted by Gasteiger charge is -2.50. The number of nitrogens with two attached hydrogens (primary N) is 1. The molecule has 6 heteroatoms. The van der Waals surface area contributed by atoms with E-state index in [-0.39, 0.29) is 23.0 Å². The van der Waals surface area contributed by atoms with Crippen molar-refractivity contribution in [3.63, 3.8) is 0 Å². The summed E-state index contributed by atoms with van der Waals surface area (Å²) in [5.41, 5.74) is 6.24. The van der Waals surface area contributed by atoms with Gasteiger partial charge >= 0.3 is 0 Å². The molecule has 3 aliphatic rings. The number of fused-ring (bicyclic) bond motifs is 3. The number of benzene rings is 4. The third-order valence-corrected chi connectivity index (χ3v) is 10.8. The molecule has 0 aromatic heterocycles. The molecule has 0 radical (unpaired) electrons. The Hall–Kier alpha value is -3.32. The fourth-order valence-corrected chi connectivity index (χ4v) is 8.44. The van der Waals surface area contributed by atoms with E-state index in [1.807, 2.05) is 5.01 Å². The fourth-order valence-electron chi connectivity index (χ4n) is 8.44. The Morgan fingerprint density at radius 2 is 1.56 bits per heavy atom. The third kappa shape index (κ3) is 4.17. The van der Waals surface area contributed by atoms with Crippen LogP contribution in [0.4, 0.5) is 17.1 Å². The summed E-state index contributed by atoms with van der Waals surface area (Å²) in [6, 6.07) is 21.2. The first-order valence-corrected chi connectivity index (χ1v) is 16.1. The van der Waals surface area contributed by atoms with Crippen molar-refractivity contribution < 1.29 is 10.2 Å². The zero-order chi connectivity index (χ0) is 30.3. The van der Waals surface area contributed by atoms with Gasteiger partial charge in [0.15, 0.2) is 0 Å². The molecule has 6 nitrogen and oxygen atoms in total. The van der Waals surface area contributed by atoms with E-state index < -0.39 is 12.2 Å². The number of nitrogens with one attached hydrogen (secondary N) is 1. The number of unbranched alkanes of at least 4 members (excludes halogenated alkanes) is 1. The van der Waals surface area contributed by atoms with Crippen molar-refractivity contribution in [2.24, 2.45) is 5.84 Å². The molecule has 226 valence electrons. The van der Waals surface area contributed by atoms with E-state index in [0.29, 0.717) is 0 Å². The molecule has 1 aliphatic carbocycles. The molecule has 4 aromatic rings. The molecule has 0 amide bonds. The molecule has 2 fully saturated rings. The first-order valence-electron chi connectivity index (χ1n) is 16.1. The Balaban J connectivity index is 1.26. The van der Waals surface area contributed by atoms with Gasteiger partial charge in [-0.1, -0.05) is 62.2 Å². The van der Waals surface area contributed by atoms with Crippen LogP contribution in [0.5, 0.6) is 0 Å². The number of anilines is 3. The van der Waals surface area contributed by atoms with Gasteiger partial charge in [0.25, 0.3) is 0 Å². The molecule has 3 unspecified atom stereocenters. The van der Waals surface area contributed by atoms with E-state index in [9.17, 15) is 10.2 Å². The summed E-state index contributed by atoms with van der Waals surface area (Å²) in [4.78, 5) is 2.43. The highest BCUT2D eigenvalue weighted by molar-refractivity contribution is 6.08. The highest BCUT2D eigenvalue weighted by atomic mass is 16.3. The van der Waals surface area contributed by atoms with Gasteiger partial charge in [-0.2, -0.15) is 0 Å². The van der Waals surface area contributed by atoms with E-state index in [4.69, 9.17) is 5.84 Å². The van der Waals surface area contributed by atoms with Gasteiger partial charge in [-0.3, -0.25) is 5.01 Å². The maximum absolute atomic E-state index is 11.8. The maximum atomic E-state index is 11.8. The lowest BCUT2D eigenvalue weighted by Crippen LogP contribution is -2.61. The Labute approximate surface area is 255 Å². The summed E-state index contributed by atoms with van der Waals surface area (Å²) >= 11 is 0. The van der Waals surface area contributed by atoms with Gasteiger partial charge in [0.05, 0.1) is 17.9 Å². The highest BCUT2D eigenvalue weighted by Gasteiger charge is 2.52. The van der Waals surface area contributed by atoms with Gasteiger partial charge in [-0.25, -0.2) is 5.84 Å². The van der Waals surface area contributed by atoms with Gasteiger partial charge in [0, 0.05) is 46.1 Å². The van der Waals surface area contributed by atoms with Crippen molar-refractivity contribution >= 4 is 38.6 Å². The molecule has 0 spiro atoms. The van der Waals surface area contributed by atoms with Crippen molar-refractivity contribution in [1.29, 1.82) is 0 Å². The van der Waals surface area contributed by atoms with Gasteiger partial charge in [-0.05, 0) is 92.6 Å². The summed E-state index contributed by atoms with van der Waals surface area (Å²) in [7, 11) is 0. The SMILES string of the molecule is CCCCC(C)(C)Nc1ccc(C2C(O)C(c3ccc4c5c(cccc35)N3CCCC3(C)N4N)C2O)c2cccc(C)c12. The zero-order valence-corrected chi connectivity index (χ0v) is 26.2. The molecule has 1 saturated heterocycles. The van der Waals surface area contributed by atoms with Crippen LogP contribution in [-0.2, 0) is 0 Å². The van der Waals surface area contributed by atoms with Crippen molar-refractivity contribution in [2.75, 3.05) is 21.8 Å². The smallest absolute Gasteiger partial charge is 0.124 e. The van der Waals surface area contributed by atoms with Gasteiger partial charge in [0.1, 0.15) is 5.66 Å². The molecular weight excluding hydrogens is 532 g/mol. The van der Waals surface area contributed by atoms with Crippen LogP contribution in [0.25, 0.3) is 21.5 Å². The first kappa shape index (κ1) is 28.5. The van der Waals surface area contributed by atoms with Gasteiger partial charge < -0.3 is 20.4 Å². The molecule has 1 saturated carbocycles. The number of hydrazine groups is 1. The fraction of sp³-hybridized carbons (Fsp3) is 0.459. The Morgan fingerprint density at radius 1 is 0.907 bits per heavy atom. The van der Waals surface area contributed by atoms with Crippen LogP contribution < -0.4 is 21.1 Å². The molecule has 2 aliphatic heterocycles. The third-order valence-electron chi connectivity index (χ3n) is 10.8. The highest BCUT2D eigenvalue weighted by Crippen LogP contribution is 2.55. The normalized spacial score (nSPS) is 26.6. The van der Waals surface area contributed by atoms with Crippen LogP contribution in [0, 0.1) is 6.92 Å². The largest absolute Gasteiger partial charge is 0.392 e. The van der Waals surface area contributed by atoms with Crippen LogP contribution in [0.1, 0.15) is 88.3 Å². The minimum Gasteiger partial charge on any atom is -0.392 e. The monoisotopic (exact) mass is 578 g/mol. The second-order valence-corrected chi connectivity index (χ2v) is 14.1. The van der Waals surface area contributed by atoms with Gasteiger partial charge in [0.2, 0.25) is 0 Å². The number of aryl methyl sites for hydroxylation is 1. The second-order valence-electron chi connectivity index (χ2n) is 14.1. The summed E-state index contributed by atoms with van der Waals surface area (Å²) in [5.74, 6) is 6.03. The molecule has 7 rings (SSSR count).